The fraction of sp³-hybridized carbons (Fsp3) is 0.263. The average molecular weight is 326 g/mol. The van der Waals surface area contributed by atoms with E-state index in [4.69, 9.17) is 4.74 Å². The zero-order valence-electron chi connectivity index (χ0n) is 14.0. The van der Waals surface area contributed by atoms with Gasteiger partial charge in [-0.05, 0) is 60.4 Å². The molecule has 0 aliphatic carbocycles. The molecule has 2 rings (SSSR count). The summed E-state index contributed by atoms with van der Waals surface area (Å²) in [5, 5.41) is 13.5. The number of hydrogen-bond donors (Lipinski definition) is 2. The number of phenols is 1. The summed E-state index contributed by atoms with van der Waals surface area (Å²) < 4.78 is 5.44. The number of phenolic OH excluding ortho intramolecular Hbond substituents is 1. The molecule has 0 aliphatic heterocycles. The lowest BCUT2D eigenvalue weighted by molar-refractivity contribution is -0.123. The van der Waals surface area contributed by atoms with Crippen molar-refractivity contribution >= 4 is 11.6 Å². The molecule has 0 saturated carbocycles. The van der Waals surface area contributed by atoms with Crippen LogP contribution in [0.5, 0.6) is 11.5 Å². The molecular formula is C19H22N2O3. The number of amides is 1. The van der Waals surface area contributed by atoms with Crippen LogP contribution in [0.4, 0.5) is 0 Å². The lowest BCUT2D eigenvalue weighted by Gasteiger charge is -2.07. The maximum Gasteiger partial charge on any atom is 0.277 e. The molecule has 0 saturated heterocycles. The van der Waals surface area contributed by atoms with Crippen molar-refractivity contribution in [3.63, 3.8) is 0 Å². The third kappa shape index (κ3) is 5.12. The maximum atomic E-state index is 11.9. The van der Waals surface area contributed by atoms with E-state index in [1.165, 1.54) is 5.56 Å². The van der Waals surface area contributed by atoms with Gasteiger partial charge in [-0.1, -0.05) is 26.0 Å². The highest BCUT2D eigenvalue weighted by Gasteiger charge is 2.05. The first-order chi connectivity index (χ1) is 11.6. The second kappa shape index (κ2) is 8.72. The second-order valence-electron chi connectivity index (χ2n) is 5.28. The number of carbonyl (C=O) groups is 1. The van der Waals surface area contributed by atoms with Crippen molar-refractivity contribution in [3.8, 4) is 11.5 Å². The van der Waals surface area contributed by atoms with Gasteiger partial charge >= 0.3 is 0 Å². The van der Waals surface area contributed by atoms with Crippen molar-refractivity contribution in [2.45, 2.75) is 26.7 Å². The minimum absolute atomic E-state index is 0.0957. The minimum Gasteiger partial charge on any atom is -0.508 e. The van der Waals surface area contributed by atoms with Crippen LogP contribution in [-0.2, 0) is 11.2 Å². The molecule has 2 N–H and O–H groups in total. The highest BCUT2D eigenvalue weighted by atomic mass is 16.5. The SMILES string of the molecule is CC/C(=N\NC(=O)COc1ccc(CC)cc1)c1ccc(O)cc1. The monoisotopic (exact) mass is 326 g/mol. The predicted molar refractivity (Wildman–Crippen MR) is 94.4 cm³/mol. The van der Waals surface area contributed by atoms with Crippen LogP contribution in [0.3, 0.4) is 0 Å². The number of nitrogens with zero attached hydrogens (tertiary/aromatic N) is 1. The average Bonchev–Trinajstić information content (AvgIpc) is 2.62. The van der Waals surface area contributed by atoms with Crippen molar-refractivity contribution in [1.82, 2.24) is 5.43 Å². The van der Waals surface area contributed by atoms with Gasteiger partial charge in [0.15, 0.2) is 6.61 Å². The lowest BCUT2D eigenvalue weighted by atomic mass is 10.1. The first-order valence-electron chi connectivity index (χ1n) is 7.99. The van der Waals surface area contributed by atoms with Gasteiger partial charge < -0.3 is 9.84 Å². The van der Waals surface area contributed by atoms with Crippen LogP contribution in [-0.4, -0.2) is 23.3 Å². The molecule has 0 spiro atoms. The third-order valence-corrected chi connectivity index (χ3v) is 3.55. The summed E-state index contributed by atoms with van der Waals surface area (Å²) in [6.45, 7) is 3.94. The number of carbonyl (C=O) groups excluding carboxylic acids is 1. The van der Waals surface area contributed by atoms with E-state index >= 15 is 0 Å². The molecule has 0 aliphatic rings. The van der Waals surface area contributed by atoms with Gasteiger partial charge in [-0.3, -0.25) is 4.79 Å². The van der Waals surface area contributed by atoms with Crippen LogP contribution in [0.25, 0.3) is 0 Å². The van der Waals surface area contributed by atoms with Crippen molar-refractivity contribution < 1.29 is 14.6 Å². The van der Waals surface area contributed by atoms with E-state index in [2.05, 4.69) is 17.5 Å². The minimum atomic E-state index is -0.320. The second-order valence-corrected chi connectivity index (χ2v) is 5.28. The van der Waals surface area contributed by atoms with Crippen molar-refractivity contribution in [2.75, 3.05) is 6.61 Å². The Morgan fingerprint density at radius 2 is 1.75 bits per heavy atom. The predicted octanol–water partition coefficient (Wildman–Crippen LogP) is 3.26. The summed E-state index contributed by atoms with van der Waals surface area (Å²) in [5.41, 5.74) is 5.31. The zero-order chi connectivity index (χ0) is 17.4. The Balaban J connectivity index is 1.89. The standard InChI is InChI=1S/C19H22N2O3/c1-3-14-5-11-17(12-6-14)24-13-19(23)21-20-18(4-2)15-7-9-16(22)10-8-15/h5-12,22H,3-4,13H2,1-2H3,(H,21,23)/b20-18+. The van der Waals surface area contributed by atoms with Gasteiger partial charge in [0, 0.05) is 0 Å². The third-order valence-electron chi connectivity index (χ3n) is 3.55. The summed E-state index contributed by atoms with van der Waals surface area (Å²) in [6.07, 6.45) is 1.62. The van der Waals surface area contributed by atoms with E-state index < -0.39 is 0 Å². The Hall–Kier alpha value is -2.82. The highest BCUT2D eigenvalue weighted by molar-refractivity contribution is 6.01. The van der Waals surface area contributed by atoms with Crippen molar-refractivity contribution in [1.29, 1.82) is 0 Å². The van der Waals surface area contributed by atoms with Crippen LogP contribution in [0.1, 0.15) is 31.4 Å². The molecule has 5 heteroatoms. The highest BCUT2D eigenvalue weighted by Crippen LogP contribution is 2.13. The summed E-state index contributed by atoms with van der Waals surface area (Å²) in [6, 6.07) is 14.4. The summed E-state index contributed by atoms with van der Waals surface area (Å²) >= 11 is 0. The van der Waals surface area contributed by atoms with Crippen LogP contribution < -0.4 is 10.2 Å². The van der Waals surface area contributed by atoms with E-state index in [1.54, 1.807) is 24.3 Å². The van der Waals surface area contributed by atoms with Crippen LogP contribution in [0.15, 0.2) is 53.6 Å². The first kappa shape index (κ1) is 17.5. The molecule has 2 aromatic carbocycles. The van der Waals surface area contributed by atoms with Gasteiger partial charge in [-0.2, -0.15) is 5.10 Å². The molecule has 1 amide bonds. The fourth-order valence-electron chi connectivity index (χ4n) is 2.13. The number of aromatic hydroxyl groups is 1. The number of hydrogen-bond acceptors (Lipinski definition) is 4. The molecule has 0 unspecified atom stereocenters. The van der Waals surface area contributed by atoms with Gasteiger partial charge in [0.05, 0.1) is 5.71 Å². The topological polar surface area (TPSA) is 70.9 Å². The summed E-state index contributed by atoms with van der Waals surface area (Å²) in [5.74, 6) is 0.528. The van der Waals surface area contributed by atoms with Gasteiger partial charge in [0.25, 0.3) is 5.91 Å². The number of hydrazone groups is 1. The van der Waals surface area contributed by atoms with E-state index in [-0.39, 0.29) is 18.3 Å². The molecule has 0 fully saturated rings. The number of rotatable bonds is 7. The number of aryl methyl sites for hydroxylation is 1. The van der Waals surface area contributed by atoms with E-state index in [0.29, 0.717) is 12.2 Å². The molecular weight excluding hydrogens is 304 g/mol. The number of nitrogens with one attached hydrogen (secondary N) is 1. The Morgan fingerprint density at radius 1 is 1.08 bits per heavy atom. The molecule has 2 aromatic rings. The van der Waals surface area contributed by atoms with E-state index in [0.717, 1.165) is 17.7 Å². The molecule has 0 heterocycles. The summed E-state index contributed by atoms with van der Waals surface area (Å²) in [7, 11) is 0. The lowest BCUT2D eigenvalue weighted by Crippen LogP contribution is -2.26. The Labute approximate surface area is 142 Å². The van der Waals surface area contributed by atoms with Crippen molar-refractivity contribution in [3.05, 3.63) is 59.7 Å². The van der Waals surface area contributed by atoms with E-state index in [9.17, 15) is 9.90 Å². The molecule has 0 bridgehead atoms. The van der Waals surface area contributed by atoms with Gasteiger partial charge in [0.2, 0.25) is 0 Å². The molecule has 5 nitrogen and oxygen atoms in total. The Bertz CT molecular complexity index is 692. The van der Waals surface area contributed by atoms with Gasteiger partial charge in [-0.15, -0.1) is 0 Å². The smallest absolute Gasteiger partial charge is 0.277 e. The quantitative estimate of drug-likeness (QED) is 0.606. The Kier molecular flexibility index (Phi) is 6.37. The van der Waals surface area contributed by atoms with Crippen molar-refractivity contribution in [2.24, 2.45) is 5.10 Å². The summed E-state index contributed by atoms with van der Waals surface area (Å²) in [4.78, 5) is 11.9. The van der Waals surface area contributed by atoms with E-state index in [1.807, 2.05) is 31.2 Å². The maximum absolute atomic E-state index is 11.9. The fourth-order valence-corrected chi connectivity index (χ4v) is 2.13. The number of ether oxygens (including phenoxy) is 1. The number of benzene rings is 2. The van der Waals surface area contributed by atoms with Crippen LogP contribution in [0.2, 0.25) is 0 Å². The normalized spacial score (nSPS) is 11.2. The van der Waals surface area contributed by atoms with Gasteiger partial charge in [-0.25, -0.2) is 5.43 Å². The molecule has 0 aromatic heterocycles. The zero-order valence-corrected chi connectivity index (χ0v) is 14.0. The molecule has 0 radical (unpaired) electrons. The molecule has 24 heavy (non-hydrogen) atoms. The molecule has 126 valence electrons. The molecule has 0 atom stereocenters. The first-order valence-corrected chi connectivity index (χ1v) is 7.99. The Morgan fingerprint density at radius 3 is 2.33 bits per heavy atom. The van der Waals surface area contributed by atoms with Crippen LogP contribution >= 0.6 is 0 Å². The van der Waals surface area contributed by atoms with Crippen LogP contribution in [0, 0.1) is 0 Å². The largest absolute Gasteiger partial charge is 0.508 e. The van der Waals surface area contributed by atoms with Gasteiger partial charge in [0.1, 0.15) is 11.5 Å².